The van der Waals surface area contributed by atoms with Gasteiger partial charge in [-0.3, -0.25) is 9.09 Å². The summed E-state index contributed by atoms with van der Waals surface area (Å²) in [4.78, 5) is 48.2. The molecule has 3 unspecified atom stereocenters. The Morgan fingerprint density at radius 1 is 1.18 bits per heavy atom. The highest BCUT2D eigenvalue weighted by atomic mass is 31.3. The van der Waals surface area contributed by atoms with Gasteiger partial charge < -0.3 is 34.8 Å². The highest BCUT2D eigenvalue weighted by Crippen LogP contribution is 2.66. The maximum Gasteiger partial charge on any atom is 0.490 e. The summed E-state index contributed by atoms with van der Waals surface area (Å²) in [5.41, 5.74) is 6.47. The third kappa shape index (κ3) is 6.96. The number of nitrogens with zero attached hydrogens (tertiary/aromatic N) is 4. The molecule has 0 aromatic carbocycles. The molecule has 1 aliphatic heterocycles. The summed E-state index contributed by atoms with van der Waals surface area (Å²) in [5, 5.41) is 0. The lowest BCUT2D eigenvalue weighted by molar-refractivity contribution is -0.0551. The first-order valence-electron chi connectivity index (χ1n) is 8.89. The molecule has 1 saturated heterocycles. The van der Waals surface area contributed by atoms with Crippen LogP contribution in [-0.2, 0) is 36.3 Å². The van der Waals surface area contributed by atoms with Crippen LogP contribution in [0.4, 0.5) is 5.82 Å². The van der Waals surface area contributed by atoms with Crippen molar-refractivity contribution in [2.45, 2.75) is 24.9 Å². The Labute approximate surface area is 185 Å². The van der Waals surface area contributed by atoms with Crippen molar-refractivity contribution in [1.82, 2.24) is 19.5 Å². The second-order valence-corrected chi connectivity index (χ2v) is 10.9. The van der Waals surface area contributed by atoms with Crippen LogP contribution < -0.4 is 5.73 Å². The Morgan fingerprint density at radius 2 is 1.91 bits per heavy atom. The number of hydrogen-bond donors (Lipinski definition) is 5. The van der Waals surface area contributed by atoms with Crippen molar-refractivity contribution < 1.29 is 55.9 Å². The summed E-state index contributed by atoms with van der Waals surface area (Å²) in [7, 11) is -16.5. The number of anilines is 1. The molecule has 3 heterocycles. The number of aromatic nitrogens is 4. The lowest BCUT2D eigenvalue weighted by Gasteiger charge is -2.21. The van der Waals surface area contributed by atoms with Gasteiger partial charge in [-0.15, -0.1) is 6.58 Å². The number of rotatable bonds is 11. The highest BCUT2D eigenvalue weighted by molar-refractivity contribution is 7.66. The fourth-order valence-electron chi connectivity index (χ4n) is 2.94. The fraction of sp³-hybridized carbons (Fsp3) is 0.462. The SMILES string of the molecule is C=CCOC1C[C@H](n2cnc3c(N)ncnc32)O[C@@H]1COP(=O)(O)OP(=O)(O)OP(=O)(O)O. The van der Waals surface area contributed by atoms with E-state index in [4.69, 9.17) is 25.0 Å². The Kier molecular flexibility index (Phi) is 7.86. The summed E-state index contributed by atoms with van der Waals surface area (Å²) in [6, 6.07) is 0. The quantitative estimate of drug-likeness (QED) is 0.197. The van der Waals surface area contributed by atoms with E-state index in [0.717, 1.165) is 0 Å². The predicted octanol–water partition coefficient (Wildman–Crippen LogP) is 0.610. The van der Waals surface area contributed by atoms with E-state index in [0.29, 0.717) is 11.2 Å². The third-order valence-electron chi connectivity index (χ3n) is 4.12. The monoisotopic (exact) mass is 531 g/mol. The molecule has 2 aromatic rings. The number of nitrogens with two attached hydrogens (primary N) is 1. The Bertz CT molecular complexity index is 1150. The first-order valence-corrected chi connectivity index (χ1v) is 13.4. The van der Waals surface area contributed by atoms with Crippen LogP contribution in [0.2, 0.25) is 0 Å². The number of nitrogen functional groups attached to an aromatic ring is 1. The Balaban J connectivity index is 1.72. The molecule has 0 radical (unpaired) electrons. The third-order valence-corrected chi connectivity index (χ3v) is 7.93. The van der Waals surface area contributed by atoms with E-state index in [1.54, 1.807) is 4.57 Å². The molecule has 0 saturated carbocycles. The Hall–Kier alpha value is -1.58. The molecule has 5 atom stereocenters. The van der Waals surface area contributed by atoms with Crippen LogP contribution in [0.3, 0.4) is 0 Å². The van der Waals surface area contributed by atoms with Crippen molar-refractivity contribution in [1.29, 1.82) is 0 Å². The molecule has 0 aliphatic carbocycles. The number of hydrogen-bond acceptors (Lipinski definition) is 12. The maximum absolute atomic E-state index is 12.0. The molecule has 0 amide bonds. The molecule has 33 heavy (non-hydrogen) atoms. The van der Waals surface area contributed by atoms with Gasteiger partial charge in [0.05, 0.1) is 25.6 Å². The van der Waals surface area contributed by atoms with Crippen LogP contribution in [0, 0.1) is 0 Å². The zero-order valence-electron chi connectivity index (χ0n) is 16.6. The van der Waals surface area contributed by atoms with Crippen LogP contribution >= 0.6 is 23.5 Å². The minimum Gasteiger partial charge on any atom is -0.382 e. The lowest BCUT2D eigenvalue weighted by atomic mass is 10.2. The van der Waals surface area contributed by atoms with Gasteiger partial charge in [-0.25, -0.2) is 28.6 Å². The van der Waals surface area contributed by atoms with Crippen molar-refractivity contribution in [2.75, 3.05) is 18.9 Å². The van der Waals surface area contributed by atoms with Crippen LogP contribution in [0.25, 0.3) is 11.2 Å². The first-order chi connectivity index (χ1) is 15.3. The van der Waals surface area contributed by atoms with Gasteiger partial charge in [0.2, 0.25) is 0 Å². The van der Waals surface area contributed by atoms with E-state index in [2.05, 4.69) is 34.7 Å². The smallest absolute Gasteiger partial charge is 0.382 e. The average Bonchev–Trinajstić information content (AvgIpc) is 3.26. The fourth-order valence-corrected chi connectivity index (χ4v) is 5.97. The zero-order valence-corrected chi connectivity index (χ0v) is 19.2. The maximum atomic E-state index is 12.0. The summed E-state index contributed by atoms with van der Waals surface area (Å²) < 4.78 is 59.2. The van der Waals surface area contributed by atoms with Crippen molar-refractivity contribution in [3.05, 3.63) is 25.3 Å². The highest BCUT2D eigenvalue weighted by Gasteiger charge is 2.43. The molecular weight excluding hydrogens is 511 g/mol. The summed E-state index contributed by atoms with van der Waals surface area (Å²) in [6.45, 7) is 2.97. The summed E-state index contributed by atoms with van der Waals surface area (Å²) >= 11 is 0. The second kappa shape index (κ2) is 9.96. The molecule has 184 valence electrons. The van der Waals surface area contributed by atoms with Gasteiger partial charge in [0.25, 0.3) is 0 Å². The number of fused-ring (bicyclic) bond motifs is 1. The van der Waals surface area contributed by atoms with Gasteiger partial charge >= 0.3 is 23.5 Å². The van der Waals surface area contributed by atoms with E-state index < -0.39 is 48.5 Å². The number of phosphoric acid groups is 3. The number of ether oxygens (including phenoxy) is 2. The number of imidazole rings is 1. The summed E-state index contributed by atoms with van der Waals surface area (Å²) in [6.07, 6.45) is 1.93. The predicted molar refractivity (Wildman–Crippen MR) is 108 cm³/mol. The minimum absolute atomic E-state index is 0.103. The topological polar surface area (TPSA) is 248 Å². The van der Waals surface area contributed by atoms with Crippen molar-refractivity contribution in [3.63, 3.8) is 0 Å². The van der Waals surface area contributed by atoms with Gasteiger partial charge in [-0.05, 0) is 0 Å². The molecule has 1 fully saturated rings. The molecule has 2 aromatic heterocycles. The lowest BCUT2D eigenvalue weighted by Crippen LogP contribution is -2.29. The van der Waals surface area contributed by atoms with E-state index in [1.165, 1.54) is 18.7 Å². The van der Waals surface area contributed by atoms with Gasteiger partial charge in [0.15, 0.2) is 11.5 Å². The van der Waals surface area contributed by atoms with Crippen molar-refractivity contribution in [3.8, 4) is 0 Å². The molecule has 1 aliphatic rings. The molecule has 20 heteroatoms. The molecule has 17 nitrogen and oxygen atoms in total. The zero-order chi connectivity index (χ0) is 24.4. The van der Waals surface area contributed by atoms with Crippen molar-refractivity contribution in [2.24, 2.45) is 0 Å². The number of phosphoric ester groups is 1. The van der Waals surface area contributed by atoms with E-state index >= 15 is 0 Å². The van der Waals surface area contributed by atoms with Gasteiger partial charge in [-0.1, -0.05) is 6.08 Å². The van der Waals surface area contributed by atoms with Crippen molar-refractivity contribution >= 4 is 40.4 Å². The van der Waals surface area contributed by atoms with Crippen LogP contribution in [-0.4, -0.2) is 64.5 Å². The largest absolute Gasteiger partial charge is 0.490 e. The van der Waals surface area contributed by atoms with Crippen LogP contribution in [0.15, 0.2) is 25.3 Å². The average molecular weight is 531 g/mol. The standard InChI is InChI=1S/C13H20N5O12P3/c1-2-3-26-8-4-10(18-7-17-11-12(14)15-6-16-13(11)18)28-9(8)5-27-32(22,23)30-33(24,25)29-31(19,20)21/h2,6-10H,1,3-5H2,(H,22,23)(H,24,25)(H2,14,15,16)(H2,19,20,21)/t8?,9-,10-/m1/s1. The van der Waals surface area contributed by atoms with Gasteiger partial charge in [-0.2, -0.15) is 8.62 Å². The molecular formula is C13H20N5O12P3. The summed E-state index contributed by atoms with van der Waals surface area (Å²) in [5.74, 6) is 0.153. The first kappa shape index (κ1) is 26.0. The van der Waals surface area contributed by atoms with Gasteiger partial charge in [0, 0.05) is 6.42 Å². The normalized spacial score (nSPS) is 25.0. The molecule has 3 rings (SSSR count). The molecule has 0 spiro atoms. The van der Waals surface area contributed by atoms with E-state index in [-0.39, 0.29) is 18.8 Å². The Morgan fingerprint density at radius 3 is 2.58 bits per heavy atom. The molecule has 6 N–H and O–H groups in total. The van der Waals surface area contributed by atoms with Gasteiger partial charge in [0.1, 0.15) is 24.2 Å². The second-order valence-electron chi connectivity index (χ2n) is 6.50. The van der Waals surface area contributed by atoms with E-state index in [1.807, 2.05) is 0 Å². The van der Waals surface area contributed by atoms with E-state index in [9.17, 15) is 23.5 Å². The minimum atomic E-state index is -5.64. The molecule has 0 bridgehead atoms. The van der Waals surface area contributed by atoms with Crippen LogP contribution in [0.1, 0.15) is 12.6 Å². The van der Waals surface area contributed by atoms with Crippen LogP contribution in [0.5, 0.6) is 0 Å².